The quantitative estimate of drug-likeness (QED) is 0.118. The molecule has 0 aliphatic carbocycles. The Morgan fingerprint density at radius 3 is 2.59 bits per heavy atom. The molecule has 46 heavy (non-hydrogen) atoms. The van der Waals surface area contributed by atoms with Crippen molar-refractivity contribution in [3.05, 3.63) is 87.7 Å². The highest BCUT2D eigenvalue weighted by Crippen LogP contribution is 2.42. The summed E-state index contributed by atoms with van der Waals surface area (Å²) in [4.78, 5) is 20.0. The van der Waals surface area contributed by atoms with Gasteiger partial charge in [0.1, 0.15) is 11.6 Å². The van der Waals surface area contributed by atoms with Crippen LogP contribution < -0.4 is 26.0 Å². The third-order valence-electron chi connectivity index (χ3n) is 7.58. The Morgan fingerprint density at radius 2 is 1.85 bits per heavy atom. The molecule has 2 aromatic carbocycles. The second-order valence-electron chi connectivity index (χ2n) is 11.0. The van der Waals surface area contributed by atoms with Crippen LogP contribution in [-0.4, -0.2) is 53.3 Å². The third kappa shape index (κ3) is 7.73. The molecule has 242 valence electrons. The van der Waals surface area contributed by atoms with Gasteiger partial charge in [-0.1, -0.05) is 35.3 Å². The molecule has 0 spiro atoms. The van der Waals surface area contributed by atoms with Crippen molar-refractivity contribution in [3.8, 4) is 28.1 Å². The normalized spacial score (nSPS) is 15.1. The maximum absolute atomic E-state index is 15.4. The van der Waals surface area contributed by atoms with Crippen molar-refractivity contribution in [3.63, 3.8) is 0 Å². The molecule has 1 aliphatic rings. The van der Waals surface area contributed by atoms with Gasteiger partial charge in [-0.25, -0.2) is 13.8 Å². The van der Waals surface area contributed by atoms with Crippen LogP contribution in [0.15, 0.2) is 54.9 Å². The molecule has 1 amide bonds. The standard InChI is InChI=1S/C33H34Cl2F2N6O3/c1-18(44)14-38-15-19-8-10-41-33(31(19)37)43-26-5-3-4-22(29(26)34)23-9-11-40-32(30(23)35)20-12-25(36)24(27(13-20)46-2)17-39-16-21-6-7-28(45)42-21/h3-5,8-13,18,21,38-39,44H,6-7,14-17H2,1-2H3,(H,41,43)(H,42,45)/t18-,21-/m1/s1. The van der Waals surface area contributed by atoms with Crippen molar-refractivity contribution in [2.24, 2.45) is 0 Å². The number of aromatic nitrogens is 2. The van der Waals surface area contributed by atoms with Crippen LogP contribution in [0.2, 0.25) is 10.0 Å². The van der Waals surface area contributed by atoms with E-state index in [1.165, 1.54) is 19.4 Å². The first kappa shape index (κ1) is 33.5. The molecule has 2 atom stereocenters. The van der Waals surface area contributed by atoms with Crippen LogP contribution in [0, 0.1) is 11.6 Å². The van der Waals surface area contributed by atoms with Gasteiger partial charge in [-0.05, 0) is 43.7 Å². The monoisotopic (exact) mass is 670 g/mol. The summed E-state index contributed by atoms with van der Waals surface area (Å²) in [5, 5.41) is 22.0. The number of aliphatic hydroxyl groups is 1. The van der Waals surface area contributed by atoms with Gasteiger partial charge in [-0.3, -0.25) is 9.78 Å². The van der Waals surface area contributed by atoms with E-state index in [1.807, 2.05) is 0 Å². The van der Waals surface area contributed by atoms with Crippen molar-refractivity contribution in [2.75, 3.05) is 25.5 Å². The average molecular weight is 672 g/mol. The zero-order valence-electron chi connectivity index (χ0n) is 25.3. The number of pyridine rings is 2. The molecule has 0 bridgehead atoms. The first-order valence-electron chi connectivity index (χ1n) is 14.8. The Balaban J connectivity index is 1.38. The van der Waals surface area contributed by atoms with Crippen molar-refractivity contribution in [2.45, 2.75) is 45.0 Å². The largest absolute Gasteiger partial charge is 0.496 e. The summed E-state index contributed by atoms with van der Waals surface area (Å²) in [6.45, 7) is 2.88. The van der Waals surface area contributed by atoms with Crippen LogP contribution in [0.4, 0.5) is 20.3 Å². The molecule has 1 fully saturated rings. The van der Waals surface area contributed by atoms with Gasteiger partial charge in [0.25, 0.3) is 0 Å². The number of nitrogens with one attached hydrogen (secondary N) is 4. The van der Waals surface area contributed by atoms with Gasteiger partial charge in [0.2, 0.25) is 5.91 Å². The van der Waals surface area contributed by atoms with Crippen LogP contribution in [0.25, 0.3) is 22.4 Å². The molecule has 0 radical (unpaired) electrons. The highest BCUT2D eigenvalue weighted by atomic mass is 35.5. The topological polar surface area (TPSA) is 120 Å². The number of anilines is 2. The maximum atomic E-state index is 15.4. The molecule has 3 heterocycles. The van der Waals surface area contributed by atoms with Crippen LogP contribution in [0.1, 0.15) is 30.9 Å². The lowest BCUT2D eigenvalue weighted by Crippen LogP contribution is -2.35. The second kappa shape index (κ2) is 15.1. The number of carbonyl (C=O) groups excluding carboxylic acids is 1. The lowest BCUT2D eigenvalue weighted by molar-refractivity contribution is -0.119. The first-order valence-corrected chi connectivity index (χ1v) is 15.5. The SMILES string of the molecule is COc1cc(-c2nccc(-c3cccc(Nc4nccc(CNC[C@@H](C)O)c4F)c3Cl)c2Cl)cc(F)c1CNC[C@H]1CCC(=O)N1. The number of rotatable bonds is 13. The molecule has 5 N–H and O–H groups in total. The van der Waals surface area contributed by atoms with Crippen LogP contribution in [-0.2, 0) is 17.9 Å². The zero-order valence-corrected chi connectivity index (χ0v) is 26.8. The Labute approximate surface area is 275 Å². The predicted molar refractivity (Wildman–Crippen MR) is 175 cm³/mol. The van der Waals surface area contributed by atoms with E-state index >= 15 is 8.78 Å². The van der Waals surface area contributed by atoms with Gasteiger partial charge in [0, 0.05) is 78.9 Å². The molecule has 1 saturated heterocycles. The molecular weight excluding hydrogens is 637 g/mol. The zero-order chi connectivity index (χ0) is 32.8. The number of hydrogen-bond donors (Lipinski definition) is 5. The number of hydrogen-bond acceptors (Lipinski definition) is 8. The predicted octanol–water partition coefficient (Wildman–Crippen LogP) is 5.99. The van der Waals surface area contributed by atoms with E-state index in [1.54, 1.807) is 49.5 Å². The lowest BCUT2D eigenvalue weighted by atomic mass is 10.0. The number of halogens is 4. The van der Waals surface area contributed by atoms with E-state index in [2.05, 4.69) is 31.2 Å². The molecule has 0 saturated carbocycles. The van der Waals surface area contributed by atoms with Gasteiger partial charge < -0.3 is 31.1 Å². The summed E-state index contributed by atoms with van der Waals surface area (Å²) in [6, 6.07) is 11.5. The minimum absolute atomic E-state index is 0.0104. The first-order chi connectivity index (χ1) is 22.2. The smallest absolute Gasteiger partial charge is 0.220 e. The fourth-order valence-electron chi connectivity index (χ4n) is 5.24. The number of amides is 1. The van der Waals surface area contributed by atoms with Crippen LogP contribution >= 0.6 is 23.2 Å². The Bertz CT molecular complexity index is 1730. The van der Waals surface area contributed by atoms with Crippen molar-refractivity contribution >= 4 is 40.6 Å². The van der Waals surface area contributed by atoms with Crippen molar-refractivity contribution in [1.82, 2.24) is 25.9 Å². The Hall–Kier alpha value is -3.87. The molecule has 0 unspecified atom stereocenters. The molecule has 1 aliphatic heterocycles. The van der Waals surface area contributed by atoms with Gasteiger partial charge in [0.05, 0.1) is 34.6 Å². The van der Waals surface area contributed by atoms with Crippen molar-refractivity contribution < 1.29 is 23.4 Å². The molecule has 4 aromatic rings. The highest BCUT2D eigenvalue weighted by molar-refractivity contribution is 6.39. The van der Waals surface area contributed by atoms with E-state index in [9.17, 15) is 9.90 Å². The number of nitrogens with zero attached hydrogens (tertiary/aromatic N) is 2. The lowest BCUT2D eigenvalue weighted by Gasteiger charge is -2.17. The molecular formula is C33H34Cl2F2N6O3. The third-order valence-corrected chi connectivity index (χ3v) is 8.37. The molecule has 5 rings (SSSR count). The average Bonchev–Trinajstić information content (AvgIpc) is 3.45. The molecule has 2 aromatic heterocycles. The van der Waals surface area contributed by atoms with E-state index in [4.69, 9.17) is 27.9 Å². The summed E-state index contributed by atoms with van der Waals surface area (Å²) >= 11 is 13.7. The maximum Gasteiger partial charge on any atom is 0.220 e. The van der Waals surface area contributed by atoms with Crippen molar-refractivity contribution in [1.29, 1.82) is 0 Å². The Morgan fingerprint density at radius 1 is 1.07 bits per heavy atom. The minimum atomic E-state index is -0.564. The Kier molecular flexibility index (Phi) is 11.0. The molecule has 13 heteroatoms. The van der Waals surface area contributed by atoms with E-state index in [-0.39, 0.29) is 40.9 Å². The summed E-state index contributed by atoms with van der Waals surface area (Å²) in [7, 11) is 1.46. The number of benzene rings is 2. The fraction of sp³-hybridized carbons (Fsp3) is 0.303. The number of aliphatic hydroxyl groups excluding tert-OH is 1. The number of methoxy groups -OCH3 is 1. The number of ether oxygens (including phenoxy) is 1. The van der Waals surface area contributed by atoms with Crippen LogP contribution in [0.3, 0.4) is 0 Å². The van der Waals surface area contributed by atoms with E-state index in [0.29, 0.717) is 64.5 Å². The van der Waals surface area contributed by atoms with Gasteiger partial charge >= 0.3 is 0 Å². The van der Waals surface area contributed by atoms with Gasteiger partial charge in [-0.15, -0.1) is 0 Å². The second-order valence-corrected chi connectivity index (χ2v) is 11.8. The van der Waals surface area contributed by atoms with Gasteiger partial charge in [-0.2, -0.15) is 0 Å². The molecule has 9 nitrogen and oxygen atoms in total. The van der Waals surface area contributed by atoms with E-state index in [0.717, 1.165) is 6.42 Å². The fourth-order valence-corrected chi connectivity index (χ4v) is 5.84. The van der Waals surface area contributed by atoms with Crippen LogP contribution in [0.5, 0.6) is 5.75 Å². The van der Waals surface area contributed by atoms with Gasteiger partial charge in [0.15, 0.2) is 11.6 Å². The summed E-state index contributed by atoms with van der Waals surface area (Å²) < 4.78 is 36.2. The highest BCUT2D eigenvalue weighted by Gasteiger charge is 2.22. The minimum Gasteiger partial charge on any atom is -0.496 e. The summed E-state index contributed by atoms with van der Waals surface area (Å²) in [5.41, 5.74) is 2.93. The summed E-state index contributed by atoms with van der Waals surface area (Å²) in [6.07, 6.45) is 3.70. The van der Waals surface area contributed by atoms with E-state index < -0.39 is 17.7 Å². The summed E-state index contributed by atoms with van der Waals surface area (Å²) in [5.74, 6) is -0.718. The number of carbonyl (C=O) groups is 1.